The zero-order chi connectivity index (χ0) is 33.0. The van der Waals surface area contributed by atoms with Crippen molar-refractivity contribution in [1.82, 2.24) is 15.0 Å². The number of pyridine rings is 1. The highest BCUT2D eigenvalue weighted by atomic mass is 16.3. The number of fused-ring (bicyclic) bond motifs is 6. The summed E-state index contributed by atoms with van der Waals surface area (Å²) in [6.07, 6.45) is 1.81. The molecule has 10 aromatic rings. The van der Waals surface area contributed by atoms with Crippen molar-refractivity contribution in [1.29, 1.82) is 0 Å². The SMILES string of the molecule is c1ccc(-c2cc(-c3ccc(-c4ccc5c(c4)oc4ccccc45)c4oc5ccccc5c34)nc(-c3cccc(-c4ccccn4)c3)n2)cc1. The first-order valence-corrected chi connectivity index (χ1v) is 16.6. The van der Waals surface area contributed by atoms with Gasteiger partial charge in [0.1, 0.15) is 22.3 Å². The van der Waals surface area contributed by atoms with Gasteiger partial charge in [-0.15, -0.1) is 0 Å². The summed E-state index contributed by atoms with van der Waals surface area (Å²) in [7, 11) is 0. The van der Waals surface area contributed by atoms with Crippen molar-refractivity contribution in [2.75, 3.05) is 0 Å². The van der Waals surface area contributed by atoms with Crippen LogP contribution in [-0.4, -0.2) is 15.0 Å². The van der Waals surface area contributed by atoms with Gasteiger partial charge in [-0.1, -0.05) is 103 Å². The minimum absolute atomic E-state index is 0.638. The summed E-state index contributed by atoms with van der Waals surface area (Å²) < 4.78 is 13.0. The molecule has 234 valence electrons. The van der Waals surface area contributed by atoms with Crippen molar-refractivity contribution >= 4 is 43.9 Å². The van der Waals surface area contributed by atoms with Gasteiger partial charge < -0.3 is 8.83 Å². The van der Waals surface area contributed by atoms with E-state index >= 15 is 0 Å². The van der Waals surface area contributed by atoms with Crippen LogP contribution >= 0.6 is 0 Å². The molecule has 0 aliphatic rings. The fourth-order valence-corrected chi connectivity index (χ4v) is 6.98. The van der Waals surface area contributed by atoms with Crippen LogP contribution in [0, 0.1) is 0 Å². The molecule has 50 heavy (non-hydrogen) atoms. The van der Waals surface area contributed by atoms with Crippen LogP contribution in [0.4, 0.5) is 0 Å². The molecule has 0 spiro atoms. The van der Waals surface area contributed by atoms with E-state index in [-0.39, 0.29) is 0 Å². The minimum atomic E-state index is 0.638. The molecule has 5 nitrogen and oxygen atoms in total. The maximum atomic E-state index is 6.68. The zero-order valence-corrected chi connectivity index (χ0v) is 26.7. The number of aromatic nitrogens is 3. The van der Waals surface area contributed by atoms with E-state index in [1.54, 1.807) is 0 Å². The lowest BCUT2D eigenvalue weighted by molar-refractivity contribution is 0.668. The Balaban J connectivity index is 1.20. The second-order valence-electron chi connectivity index (χ2n) is 12.4. The average molecular weight is 642 g/mol. The number of benzene rings is 6. The van der Waals surface area contributed by atoms with Gasteiger partial charge in [0.2, 0.25) is 0 Å². The van der Waals surface area contributed by atoms with Crippen LogP contribution in [-0.2, 0) is 0 Å². The quantitative estimate of drug-likeness (QED) is 0.187. The lowest BCUT2D eigenvalue weighted by Crippen LogP contribution is -1.97. The summed E-state index contributed by atoms with van der Waals surface area (Å²) in [6, 6.07) is 53.6. The lowest BCUT2D eigenvalue weighted by atomic mass is 9.95. The fourth-order valence-electron chi connectivity index (χ4n) is 6.98. The molecule has 0 saturated carbocycles. The lowest BCUT2D eigenvalue weighted by Gasteiger charge is -2.12. The molecule has 0 saturated heterocycles. The van der Waals surface area contributed by atoms with Gasteiger partial charge in [0.05, 0.1) is 17.1 Å². The van der Waals surface area contributed by atoms with E-state index in [2.05, 4.69) is 89.9 Å². The Morgan fingerprint density at radius 1 is 0.380 bits per heavy atom. The van der Waals surface area contributed by atoms with Crippen molar-refractivity contribution in [2.45, 2.75) is 0 Å². The summed E-state index contributed by atoms with van der Waals surface area (Å²) in [6.45, 7) is 0. The van der Waals surface area contributed by atoms with Gasteiger partial charge in [0.25, 0.3) is 0 Å². The van der Waals surface area contributed by atoms with Gasteiger partial charge in [-0.05, 0) is 60.2 Å². The summed E-state index contributed by atoms with van der Waals surface area (Å²) in [5.41, 5.74) is 11.8. The fraction of sp³-hybridized carbons (Fsp3) is 0. The molecule has 5 heteroatoms. The first-order valence-electron chi connectivity index (χ1n) is 16.6. The molecule has 0 amide bonds. The van der Waals surface area contributed by atoms with Gasteiger partial charge in [0.15, 0.2) is 5.82 Å². The third kappa shape index (κ3) is 4.67. The van der Waals surface area contributed by atoms with Crippen LogP contribution in [0.1, 0.15) is 0 Å². The van der Waals surface area contributed by atoms with Crippen molar-refractivity contribution in [3.8, 4) is 56.3 Å². The van der Waals surface area contributed by atoms with Crippen molar-refractivity contribution < 1.29 is 8.83 Å². The van der Waals surface area contributed by atoms with E-state index in [0.29, 0.717) is 5.82 Å². The number of rotatable bonds is 5. The van der Waals surface area contributed by atoms with E-state index in [1.807, 2.05) is 79.0 Å². The third-order valence-corrected chi connectivity index (χ3v) is 9.37. The Bertz CT molecular complexity index is 2870. The van der Waals surface area contributed by atoms with E-state index in [9.17, 15) is 0 Å². The molecule has 0 atom stereocenters. The van der Waals surface area contributed by atoms with Crippen LogP contribution in [0.2, 0.25) is 0 Å². The summed E-state index contributed by atoms with van der Waals surface area (Å²) in [4.78, 5) is 14.9. The highest BCUT2D eigenvalue weighted by Crippen LogP contribution is 2.43. The molecule has 0 aliphatic heterocycles. The van der Waals surface area contributed by atoms with Crippen LogP contribution in [0.3, 0.4) is 0 Å². The average Bonchev–Trinajstić information content (AvgIpc) is 3.77. The van der Waals surface area contributed by atoms with Gasteiger partial charge in [-0.2, -0.15) is 0 Å². The standard InChI is InChI=1S/C45H27N3O2/c1-2-11-28(12-3-1)38-27-39(48-45(47-38)31-14-10-13-30(25-31)37-17-8-9-24-46-37)35-23-22-32(44-43(35)36-16-5-7-19-41(36)50-44)29-20-21-34-33-15-4-6-18-40(33)49-42(34)26-29/h1-27H. The first kappa shape index (κ1) is 28.2. The molecule has 4 heterocycles. The molecule has 0 N–H and O–H groups in total. The van der Waals surface area contributed by atoms with E-state index in [0.717, 1.165) is 94.3 Å². The molecule has 0 fully saturated rings. The van der Waals surface area contributed by atoms with Crippen LogP contribution < -0.4 is 0 Å². The van der Waals surface area contributed by atoms with Crippen molar-refractivity contribution in [2.24, 2.45) is 0 Å². The Morgan fingerprint density at radius 3 is 1.94 bits per heavy atom. The van der Waals surface area contributed by atoms with Crippen molar-refractivity contribution in [3.05, 3.63) is 164 Å². The van der Waals surface area contributed by atoms with Gasteiger partial charge in [-0.25, -0.2) is 9.97 Å². The highest BCUT2D eigenvalue weighted by Gasteiger charge is 2.20. The molecular formula is C45H27N3O2. The molecule has 0 unspecified atom stereocenters. The van der Waals surface area contributed by atoms with Gasteiger partial charge in [0, 0.05) is 55.6 Å². The van der Waals surface area contributed by atoms with E-state index in [1.165, 1.54) is 0 Å². The Labute approximate surface area is 287 Å². The number of nitrogens with zero attached hydrogens (tertiary/aromatic N) is 3. The van der Waals surface area contributed by atoms with E-state index in [4.69, 9.17) is 18.8 Å². The zero-order valence-electron chi connectivity index (χ0n) is 26.7. The predicted molar refractivity (Wildman–Crippen MR) is 202 cm³/mol. The summed E-state index contributed by atoms with van der Waals surface area (Å²) >= 11 is 0. The predicted octanol–water partition coefficient (Wildman–Crippen LogP) is 12.0. The normalized spacial score (nSPS) is 11.6. The van der Waals surface area contributed by atoms with Gasteiger partial charge in [-0.3, -0.25) is 4.98 Å². The molecule has 10 rings (SSSR count). The molecule has 0 bridgehead atoms. The van der Waals surface area contributed by atoms with Gasteiger partial charge >= 0.3 is 0 Å². The second-order valence-corrected chi connectivity index (χ2v) is 12.4. The summed E-state index contributed by atoms with van der Waals surface area (Å²) in [5, 5.41) is 4.24. The first-order chi connectivity index (χ1) is 24.8. The topological polar surface area (TPSA) is 65.0 Å². The smallest absolute Gasteiger partial charge is 0.160 e. The number of hydrogen-bond acceptors (Lipinski definition) is 5. The molecule has 6 aromatic carbocycles. The second kappa shape index (κ2) is 11.4. The van der Waals surface area contributed by atoms with Crippen LogP contribution in [0.5, 0.6) is 0 Å². The largest absolute Gasteiger partial charge is 0.456 e. The van der Waals surface area contributed by atoms with Crippen LogP contribution in [0.25, 0.3) is 100 Å². The molecule has 0 aliphatic carbocycles. The number of para-hydroxylation sites is 2. The third-order valence-electron chi connectivity index (χ3n) is 9.37. The Hall–Kier alpha value is -6.85. The monoisotopic (exact) mass is 641 g/mol. The number of furan rings is 2. The molecule has 0 radical (unpaired) electrons. The maximum Gasteiger partial charge on any atom is 0.160 e. The summed E-state index contributed by atoms with van der Waals surface area (Å²) in [5.74, 6) is 0.638. The van der Waals surface area contributed by atoms with Crippen molar-refractivity contribution in [3.63, 3.8) is 0 Å². The minimum Gasteiger partial charge on any atom is -0.456 e. The molecule has 4 aromatic heterocycles. The van der Waals surface area contributed by atoms with E-state index < -0.39 is 0 Å². The Kier molecular flexibility index (Phi) is 6.42. The van der Waals surface area contributed by atoms with Crippen LogP contribution in [0.15, 0.2) is 173 Å². The molecular weight excluding hydrogens is 615 g/mol. The number of hydrogen-bond donors (Lipinski definition) is 0. The highest BCUT2D eigenvalue weighted by molar-refractivity contribution is 6.16. The maximum absolute atomic E-state index is 6.68. The Morgan fingerprint density at radius 2 is 1.08 bits per heavy atom.